The molecule has 0 bridgehead atoms. The van der Waals surface area contributed by atoms with Gasteiger partial charge in [-0.15, -0.1) is 0 Å². The van der Waals surface area contributed by atoms with Crippen LogP contribution in [0.1, 0.15) is 11.3 Å². The molecular formula is C18H13N5OS. The van der Waals surface area contributed by atoms with Crippen molar-refractivity contribution in [3.8, 4) is 10.6 Å². The van der Waals surface area contributed by atoms with Crippen LogP contribution in [0.25, 0.3) is 27.7 Å². The quantitative estimate of drug-likeness (QED) is 0.576. The number of hydrogen-bond donors (Lipinski definition) is 1. The van der Waals surface area contributed by atoms with Gasteiger partial charge in [0.05, 0.1) is 5.69 Å². The Hall–Kier alpha value is -3.32. The van der Waals surface area contributed by atoms with Crippen molar-refractivity contribution >= 4 is 34.1 Å². The summed E-state index contributed by atoms with van der Waals surface area (Å²) < 4.78 is 1.31. The van der Waals surface area contributed by atoms with E-state index in [0.29, 0.717) is 21.3 Å². The fourth-order valence-electron chi connectivity index (χ4n) is 2.36. The van der Waals surface area contributed by atoms with Gasteiger partial charge in [-0.05, 0) is 29.8 Å². The monoisotopic (exact) mass is 347 g/mol. The Morgan fingerprint density at radius 3 is 2.84 bits per heavy atom. The van der Waals surface area contributed by atoms with Gasteiger partial charge in [0.15, 0.2) is 0 Å². The SMILES string of the molecule is Nc1cccc(-c2nn3c(=O)cc(/C=C/c4cccnc4)nc3s2)c1. The first-order chi connectivity index (χ1) is 12.2. The minimum atomic E-state index is -0.220. The van der Waals surface area contributed by atoms with E-state index in [9.17, 15) is 4.79 Å². The fourth-order valence-corrected chi connectivity index (χ4v) is 3.27. The molecular weight excluding hydrogens is 334 g/mol. The topological polar surface area (TPSA) is 86.2 Å². The number of pyridine rings is 1. The molecule has 1 aromatic carbocycles. The van der Waals surface area contributed by atoms with E-state index in [1.165, 1.54) is 21.9 Å². The van der Waals surface area contributed by atoms with Gasteiger partial charge in [-0.3, -0.25) is 9.78 Å². The molecule has 0 atom stereocenters. The van der Waals surface area contributed by atoms with E-state index in [1.54, 1.807) is 18.5 Å². The van der Waals surface area contributed by atoms with Crippen LogP contribution in [0.4, 0.5) is 5.69 Å². The largest absolute Gasteiger partial charge is 0.399 e. The number of aromatic nitrogens is 4. The van der Waals surface area contributed by atoms with E-state index in [0.717, 1.165) is 11.1 Å². The maximum absolute atomic E-state index is 12.3. The van der Waals surface area contributed by atoms with Gasteiger partial charge in [0.2, 0.25) is 4.96 Å². The summed E-state index contributed by atoms with van der Waals surface area (Å²) in [6, 6.07) is 12.6. The molecule has 0 fully saturated rings. The third-order valence-corrected chi connectivity index (χ3v) is 4.49. The minimum absolute atomic E-state index is 0.220. The summed E-state index contributed by atoms with van der Waals surface area (Å²) in [7, 11) is 0. The van der Waals surface area contributed by atoms with Crippen molar-refractivity contribution in [1.29, 1.82) is 0 Å². The molecule has 0 radical (unpaired) electrons. The van der Waals surface area contributed by atoms with Gasteiger partial charge in [0.25, 0.3) is 5.56 Å². The number of hydrogen-bond acceptors (Lipinski definition) is 6. The van der Waals surface area contributed by atoms with Crippen LogP contribution in [0.2, 0.25) is 0 Å². The molecule has 0 amide bonds. The number of benzene rings is 1. The predicted molar refractivity (Wildman–Crippen MR) is 100 cm³/mol. The first-order valence-corrected chi connectivity index (χ1v) is 8.36. The lowest BCUT2D eigenvalue weighted by atomic mass is 10.2. The molecule has 0 unspecified atom stereocenters. The lowest BCUT2D eigenvalue weighted by Crippen LogP contribution is -2.14. The summed E-state index contributed by atoms with van der Waals surface area (Å²) in [6.45, 7) is 0. The molecule has 6 nitrogen and oxygen atoms in total. The second kappa shape index (κ2) is 6.29. The Balaban J connectivity index is 1.75. The molecule has 4 rings (SSSR count). The minimum Gasteiger partial charge on any atom is -0.399 e. The highest BCUT2D eigenvalue weighted by Gasteiger charge is 2.10. The van der Waals surface area contributed by atoms with Crippen molar-refractivity contribution in [2.75, 3.05) is 5.73 Å². The predicted octanol–water partition coefficient (Wildman–Crippen LogP) is 2.97. The summed E-state index contributed by atoms with van der Waals surface area (Å²) >= 11 is 1.35. The highest BCUT2D eigenvalue weighted by atomic mass is 32.1. The van der Waals surface area contributed by atoms with Crippen LogP contribution in [0.5, 0.6) is 0 Å². The van der Waals surface area contributed by atoms with Crippen LogP contribution in [-0.2, 0) is 0 Å². The number of nitrogens with two attached hydrogens (primary N) is 1. The van der Waals surface area contributed by atoms with Crippen LogP contribution in [-0.4, -0.2) is 19.6 Å². The van der Waals surface area contributed by atoms with E-state index in [-0.39, 0.29) is 5.56 Å². The van der Waals surface area contributed by atoms with Crippen LogP contribution in [0.15, 0.2) is 59.7 Å². The summed E-state index contributed by atoms with van der Waals surface area (Å²) in [6.07, 6.45) is 7.11. The number of anilines is 1. The molecule has 0 saturated heterocycles. The fraction of sp³-hybridized carbons (Fsp3) is 0. The van der Waals surface area contributed by atoms with Crippen molar-refractivity contribution in [3.63, 3.8) is 0 Å². The molecule has 7 heteroatoms. The summed E-state index contributed by atoms with van der Waals surface area (Å²) in [4.78, 5) is 21.4. The lowest BCUT2D eigenvalue weighted by Gasteiger charge is -1.96. The maximum atomic E-state index is 12.3. The number of nitrogen functional groups attached to an aromatic ring is 1. The molecule has 0 aliphatic rings. The Labute approximate surface area is 146 Å². The summed E-state index contributed by atoms with van der Waals surface area (Å²) in [5.41, 5.74) is 8.63. The highest BCUT2D eigenvalue weighted by Crippen LogP contribution is 2.25. The average Bonchev–Trinajstić information content (AvgIpc) is 3.06. The Bertz CT molecular complexity index is 1130. The van der Waals surface area contributed by atoms with E-state index in [4.69, 9.17) is 5.73 Å². The van der Waals surface area contributed by atoms with Crippen LogP contribution < -0.4 is 11.3 Å². The van der Waals surface area contributed by atoms with Crippen molar-refractivity contribution in [2.45, 2.75) is 0 Å². The number of nitrogens with zero attached hydrogens (tertiary/aromatic N) is 4. The molecule has 0 aliphatic heterocycles. The third-order valence-electron chi connectivity index (χ3n) is 3.53. The Morgan fingerprint density at radius 2 is 2.04 bits per heavy atom. The first-order valence-electron chi connectivity index (χ1n) is 7.54. The van der Waals surface area contributed by atoms with Gasteiger partial charge in [-0.1, -0.05) is 35.6 Å². The van der Waals surface area contributed by atoms with Gasteiger partial charge in [0.1, 0.15) is 5.01 Å². The molecule has 122 valence electrons. The molecule has 0 aliphatic carbocycles. The van der Waals surface area contributed by atoms with Crippen molar-refractivity contribution in [1.82, 2.24) is 19.6 Å². The highest BCUT2D eigenvalue weighted by molar-refractivity contribution is 7.19. The average molecular weight is 347 g/mol. The zero-order valence-electron chi connectivity index (χ0n) is 13.0. The van der Waals surface area contributed by atoms with Gasteiger partial charge >= 0.3 is 0 Å². The standard InChI is InChI=1S/C18H13N5OS/c19-14-5-1-4-13(9-14)17-22-23-16(24)10-15(21-18(23)25-17)7-6-12-3-2-8-20-11-12/h1-11H,19H2/b7-6+. The summed E-state index contributed by atoms with van der Waals surface area (Å²) in [5.74, 6) is 0. The van der Waals surface area contributed by atoms with Gasteiger partial charge < -0.3 is 5.73 Å². The number of rotatable bonds is 3. The lowest BCUT2D eigenvalue weighted by molar-refractivity contribution is 0.901. The van der Waals surface area contributed by atoms with Crippen LogP contribution in [0.3, 0.4) is 0 Å². The van der Waals surface area contributed by atoms with Gasteiger partial charge in [-0.2, -0.15) is 9.61 Å². The molecule has 3 heterocycles. The van der Waals surface area contributed by atoms with Crippen molar-refractivity contribution in [3.05, 3.63) is 76.5 Å². The zero-order chi connectivity index (χ0) is 17.2. The van der Waals surface area contributed by atoms with E-state index in [2.05, 4.69) is 15.1 Å². The normalized spacial score (nSPS) is 11.4. The van der Waals surface area contributed by atoms with Crippen LogP contribution in [0, 0.1) is 0 Å². The van der Waals surface area contributed by atoms with Gasteiger partial charge in [-0.25, -0.2) is 4.98 Å². The van der Waals surface area contributed by atoms with E-state index >= 15 is 0 Å². The second-order valence-electron chi connectivity index (χ2n) is 5.37. The number of fused-ring (bicyclic) bond motifs is 1. The zero-order valence-corrected chi connectivity index (χ0v) is 13.9. The Morgan fingerprint density at radius 1 is 1.12 bits per heavy atom. The Kier molecular flexibility index (Phi) is 3.83. The molecule has 2 N–H and O–H groups in total. The van der Waals surface area contributed by atoms with Crippen LogP contribution >= 0.6 is 11.3 Å². The molecule has 0 spiro atoms. The van der Waals surface area contributed by atoms with Gasteiger partial charge in [0, 0.05) is 29.7 Å². The smallest absolute Gasteiger partial charge is 0.275 e. The summed E-state index contributed by atoms with van der Waals surface area (Å²) in [5, 5.41) is 5.05. The second-order valence-corrected chi connectivity index (χ2v) is 6.32. The van der Waals surface area contributed by atoms with Crippen molar-refractivity contribution < 1.29 is 0 Å². The van der Waals surface area contributed by atoms with Crippen molar-refractivity contribution in [2.24, 2.45) is 0 Å². The van der Waals surface area contributed by atoms with E-state index in [1.807, 2.05) is 42.5 Å². The molecule has 25 heavy (non-hydrogen) atoms. The maximum Gasteiger partial charge on any atom is 0.275 e. The molecule has 4 aromatic rings. The molecule has 3 aromatic heterocycles. The third kappa shape index (κ3) is 3.17. The molecule has 0 saturated carbocycles. The van der Waals surface area contributed by atoms with E-state index < -0.39 is 0 Å². The first kappa shape index (κ1) is 15.2.